The summed E-state index contributed by atoms with van der Waals surface area (Å²) in [5.74, 6) is -4.12. The van der Waals surface area contributed by atoms with Crippen LogP contribution in [-0.4, -0.2) is 70.6 Å². The van der Waals surface area contributed by atoms with Gasteiger partial charge in [-0.15, -0.1) is 0 Å². The lowest BCUT2D eigenvalue weighted by atomic mass is 10.00. The highest BCUT2D eigenvalue weighted by molar-refractivity contribution is 5.94. The Morgan fingerprint density at radius 1 is 0.781 bits per heavy atom. The van der Waals surface area contributed by atoms with Crippen molar-refractivity contribution in [2.75, 3.05) is 6.61 Å². The number of amides is 4. The van der Waals surface area contributed by atoms with Crippen molar-refractivity contribution in [3.8, 4) is 0 Å². The highest BCUT2D eigenvalue weighted by Crippen LogP contribution is 2.09. The van der Waals surface area contributed by atoms with Crippen molar-refractivity contribution >= 4 is 29.6 Å². The van der Waals surface area contributed by atoms with Crippen LogP contribution in [0.4, 0.5) is 0 Å². The molecule has 184 valence electrons. The first kappa shape index (κ1) is 29.3. The molecular weight excluding hydrogens is 422 g/mol. The highest BCUT2D eigenvalue weighted by Gasteiger charge is 2.30. The predicted molar refractivity (Wildman–Crippen MR) is 116 cm³/mol. The summed E-state index contributed by atoms with van der Waals surface area (Å²) in [6.07, 6.45) is 0.226. The van der Waals surface area contributed by atoms with E-state index in [1.54, 1.807) is 0 Å². The van der Waals surface area contributed by atoms with Gasteiger partial charge in [0.1, 0.15) is 18.1 Å². The minimum absolute atomic E-state index is 0.0102. The monoisotopic (exact) mass is 459 g/mol. The first-order valence-corrected chi connectivity index (χ1v) is 10.6. The Kier molecular flexibility index (Phi) is 13.1. The second kappa shape index (κ2) is 14.4. The van der Waals surface area contributed by atoms with E-state index in [1.807, 2.05) is 27.7 Å². The molecule has 0 spiro atoms. The fourth-order valence-corrected chi connectivity index (χ4v) is 2.88. The number of nitrogens with two attached hydrogens (primary N) is 2. The van der Waals surface area contributed by atoms with E-state index in [0.717, 1.165) is 0 Å². The van der Waals surface area contributed by atoms with Crippen molar-refractivity contribution in [2.24, 2.45) is 23.3 Å². The summed E-state index contributed by atoms with van der Waals surface area (Å²) in [4.78, 5) is 60.0. The summed E-state index contributed by atoms with van der Waals surface area (Å²) in [6, 6.07) is -4.71. The first-order valence-electron chi connectivity index (χ1n) is 10.6. The minimum Gasteiger partial charge on any atom is -0.480 e. The Hall–Kier alpha value is -2.73. The van der Waals surface area contributed by atoms with Gasteiger partial charge < -0.3 is 37.6 Å². The molecule has 0 bridgehead atoms. The average molecular weight is 460 g/mol. The smallest absolute Gasteiger partial charge is 0.328 e. The van der Waals surface area contributed by atoms with Crippen LogP contribution in [0, 0.1) is 11.8 Å². The van der Waals surface area contributed by atoms with Gasteiger partial charge in [-0.25, -0.2) is 4.79 Å². The SMILES string of the molecule is CC(C)C[C@H](NC(=O)[C@@H](N)CC(C)C)C(=O)N[C@@H](CCC(N)=O)C(=O)N[C@@H](CO)C(=O)O. The summed E-state index contributed by atoms with van der Waals surface area (Å²) < 4.78 is 0. The normalized spacial score (nSPS) is 14.9. The maximum Gasteiger partial charge on any atom is 0.328 e. The Morgan fingerprint density at radius 3 is 1.69 bits per heavy atom. The number of carbonyl (C=O) groups excluding carboxylic acids is 4. The van der Waals surface area contributed by atoms with Gasteiger partial charge in [-0.2, -0.15) is 0 Å². The summed E-state index contributed by atoms with van der Waals surface area (Å²) in [5, 5.41) is 25.3. The van der Waals surface area contributed by atoms with E-state index in [2.05, 4.69) is 16.0 Å². The molecule has 0 aromatic heterocycles. The van der Waals surface area contributed by atoms with Gasteiger partial charge in [0, 0.05) is 6.42 Å². The topological polar surface area (TPSA) is 214 Å². The molecule has 0 saturated heterocycles. The molecule has 0 aliphatic heterocycles. The number of primary amides is 1. The highest BCUT2D eigenvalue weighted by atomic mass is 16.4. The number of hydrogen-bond donors (Lipinski definition) is 7. The Labute approximate surface area is 187 Å². The molecule has 0 aliphatic carbocycles. The third-order valence-electron chi connectivity index (χ3n) is 4.51. The van der Waals surface area contributed by atoms with E-state index in [0.29, 0.717) is 6.42 Å². The summed E-state index contributed by atoms with van der Waals surface area (Å²) >= 11 is 0. The second-order valence-corrected chi connectivity index (χ2v) is 8.57. The predicted octanol–water partition coefficient (Wildman–Crippen LogP) is -1.80. The second-order valence-electron chi connectivity index (χ2n) is 8.57. The third-order valence-corrected chi connectivity index (χ3v) is 4.51. The Morgan fingerprint density at radius 2 is 1.25 bits per heavy atom. The van der Waals surface area contributed by atoms with Gasteiger partial charge in [-0.05, 0) is 31.1 Å². The molecule has 0 unspecified atom stereocenters. The zero-order chi connectivity index (χ0) is 25.0. The number of carboxylic acid groups (broad SMARTS) is 1. The molecule has 12 heteroatoms. The van der Waals surface area contributed by atoms with Crippen LogP contribution in [0.2, 0.25) is 0 Å². The quantitative estimate of drug-likeness (QED) is 0.148. The van der Waals surface area contributed by atoms with Crippen molar-refractivity contribution in [3.63, 3.8) is 0 Å². The minimum atomic E-state index is -1.59. The zero-order valence-corrected chi connectivity index (χ0v) is 19.1. The molecule has 9 N–H and O–H groups in total. The zero-order valence-electron chi connectivity index (χ0n) is 19.1. The number of aliphatic hydroxyl groups is 1. The van der Waals surface area contributed by atoms with Gasteiger partial charge in [-0.3, -0.25) is 19.2 Å². The third kappa shape index (κ3) is 11.6. The summed E-state index contributed by atoms with van der Waals surface area (Å²) in [6.45, 7) is 6.64. The van der Waals surface area contributed by atoms with Crippen molar-refractivity contribution in [1.29, 1.82) is 0 Å². The van der Waals surface area contributed by atoms with Crippen molar-refractivity contribution in [3.05, 3.63) is 0 Å². The van der Waals surface area contributed by atoms with Crippen LogP contribution in [0.15, 0.2) is 0 Å². The van der Waals surface area contributed by atoms with Crippen LogP contribution >= 0.6 is 0 Å². The molecule has 4 atom stereocenters. The van der Waals surface area contributed by atoms with E-state index >= 15 is 0 Å². The van der Waals surface area contributed by atoms with E-state index in [1.165, 1.54) is 0 Å². The molecule has 0 saturated carbocycles. The summed E-state index contributed by atoms with van der Waals surface area (Å²) in [7, 11) is 0. The lowest BCUT2D eigenvalue weighted by Gasteiger charge is -2.26. The average Bonchev–Trinajstić information content (AvgIpc) is 2.66. The molecule has 12 nitrogen and oxygen atoms in total. The van der Waals surface area contributed by atoms with Gasteiger partial charge >= 0.3 is 5.97 Å². The van der Waals surface area contributed by atoms with Crippen LogP contribution in [0.1, 0.15) is 53.4 Å². The fourth-order valence-electron chi connectivity index (χ4n) is 2.88. The number of carboxylic acids is 1. The van der Waals surface area contributed by atoms with E-state index in [-0.39, 0.29) is 31.1 Å². The van der Waals surface area contributed by atoms with Crippen molar-refractivity contribution in [1.82, 2.24) is 16.0 Å². The maximum atomic E-state index is 12.9. The number of aliphatic hydroxyl groups excluding tert-OH is 1. The van der Waals surface area contributed by atoms with Crippen LogP contribution in [0.3, 0.4) is 0 Å². The molecule has 0 aromatic carbocycles. The van der Waals surface area contributed by atoms with Crippen LogP contribution < -0.4 is 27.4 Å². The maximum absolute atomic E-state index is 12.9. The number of nitrogens with one attached hydrogen (secondary N) is 3. The molecule has 0 fully saturated rings. The van der Waals surface area contributed by atoms with Crippen LogP contribution in [0.5, 0.6) is 0 Å². The van der Waals surface area contributed by atoms with E-state index in [9.17, 15) is 24.0 Å². The molecule has 32 heavy (non-hydrogen) atoms. The van der Waals surface area contributed by atoms with Gasteiger partial charge in [0.05, 0.1) is 12.6 Å². The Bertz CT molecular complexity index is 669. The van der Waals surface area contributed by atoms with Crippen LogP contribution in [0.25, 0.3) is 0 Å². The molecule has 4 amide bonds. The number of hydrogen-bond acceptors (Lipinski definition) is 7. The van der Waals surface area contributed by atoms with Gasteiger partial charge in [0.25, 0.3) is 0 Å². The molecule has 0 radical (unpaired) electrons. The number of rotatable bonds is 15. The van der Waals surface area contributed by atoms with Crippen molar-refractivity contribution < 1.29 is 34.2 Å². The molecule has 0 aliphatic rings. The summed E-state index contributed by atoms with van der Waals surface area (Å²) in [5.41, 5.74) is 11.0. The largest absolute Gasteiger partial charge is 0.480 e. The molecule has 0 rings (SSSR count). The van der Waals surface area contributed by atoms with Gasteiger partial charge in [0.15, 0.2) is 0 Å². The standard InChI is InChI=1S/C20H37N5O7/c1-10(2)7-12(21)17(28)24-14(8-11(3)4)19(30)23-13(5-6-16(22)27)18(29)25-15(9-26)20(31)32/h10-15,26H,5-9,21H2,1-4H3,(H2,22,27)(H,23,30)(H,24,28)(H,25,29)(H,31,32)/t12-,13-,14-,15-/m0/s1. The first-order chi connectivity index (χ1) is 14.8. The molecule has 0 heterocycles. The lowest BCUT2D eigenvalue weighted by molar-refractivity contribution is -0.143. The molecular formula is C20H37N5O7. The van der Waals surface area contributed by atoms with Gasteiger partial charge in [0.2, 0.25) is 23.6 Å². The fraction of sp³-hybridized carbons (Fsp3) is 0.750. The molecule has 0 aromatic rings. The number of aliphatic carboxylic acids is 1. The Balaban J connectivity index is 5.47. The van der Waals surface area contributed by atoms with Gasteiger partial charge in [-0.1, -0.05) is 27.7 Å². The van der Waals surface area contributed by atoms with Crippen LogP contribution in [-0.2, 0) is 24.0 Å². The van der Waals surface area contributed by atoms with Crippen molar-refractivity contribution in [2.45, 2.75) is 77.5 Å². The lowest BCUT2D eigenvalue weighted by Crippen LogP contribution is -2.57. The number of carbonyl (C=O) groups is 5. The van der Waals surface area contributed by atoms with E-state index < -0.39 is 60.4 Å². The van der Waals surface area contributed by atoms with E-state index in [4.69, 9.17) is 21.7 Å².